The van der Waals surface area contributed by atoms with Crippen molar-refractivity contribution in [3.63, 3.8) is 0 Å². The van der Waals surface area contributed by atoms with Crippen LogP contribution in [-0.4, -0.2) is 51.1 Å². The topological polar surface area (TPSA) is 111 Å². The van der Waals surface area contributed by atoms with Gasteiger partial charge in [0.1, 0.15) is 17.9 Å². The van der Waals surface area contributed by atoms with Gasteiger partial charge in [0.25, 0.3) is 0 Å². The van der Waals surface area contributed by atoms with Crippen LogP contribution in [0.5, 0.6) is 5.88 Å². The standard InChI is InChI=1S/C20H26FN3O4/c1-18(26,11-20-6-4-19(22,5-7-20)12-28-20)16-13(21)10-23-14-2-3-15(24-17(14)16)27-9-8-25/h2-3,10,25-26H,4-9,11-12,22H2,1H3. The van der Waals surface area contributed by atoms with E-state index >= 15 is 0 Å². The van der Waals surface area contributed by atoms with Crippen LogP contribution in [0.4, 0.5) is 4.39 Å². The van der Waals surface area contributed by atoms with Crippen molar-refractivity contribution in [2.45, 2.75) is 55.8 Å². The first kappa shape index (κ1) is 19.4. The molecule has 1 unspecified atom stereocenters. The van der Waals surface area contributed by atoms with Gasteiger partial charge in [0.15, 0.2) is 0 Å². The Kier molecular flexibility index (Phi) is 4.78. The Morgan fingerprint density at radius 2 is 2.07 bits per heavy atom. The van der Waals surface area contributed by atoms with E-state index in [0.717, 1.165) is 31.9 Å². The van der Waals surface area contributed by atoms with Gasteiger partial charge in [-0.3, -0.25) is 4.98 Å². The third kappa shape index (κ3) is 3.45. The maximum Gasteiger partial charge on any atom is 0.213 e. The van der Waals surface area contributed by atoms with E-state index in [1.165, 1.54) is 0 Å². The average Bonchev–Trinajstić information content (AvgIpc) is 2.66. The van der Waals surface area contributed by atoms with Crippen molar-refractivity contribution < 1.29 is 24.1 Å². The van der Waals surface area contributed by atoms with E-state index in [1.54, 1.807) is 19.1 Å². The van der Waals surface area contributed by atoms with Gasteiger partial charge in [0.2, 0.25) is 5.88 Å². The molecule has 2 bridgehead atoms. The van der Waals surface area contributed by atoms with E-state index in [1.807, 2.05) is 0 Å². The summed E-state index contributed by atoms with van der Waals surface area (Å²) in [5, 5.41) is 20.3. The second-order valence-electron chi connectivity index (χ2n) is 8.36. The number of rotatable bonds is 6. The summed E-state index contributed by atoms with van der Waals surface area (Å²) < 4.78 is 26.3. The van der Waals surface area contributed by atoms with Crippen LogP contribution >= 0.6 is 0 Å². The summed E-state index contributed by atoms with van der Waals surface area (Å²) in [4.78, 5) is 8.42. The largest absolute Gasteiger partial charge is 0.475 e. The Balaban J connectivity index is 1.71. The fourth-order valence-corrected chi connectivity index (χ4v) is 4.50. The molecule has 1 atom stereocenters. The first-order chi connectivity index (χ1) is 13.3. The second-order valence-corrected chi connectivity index (χ2v) is 8.36. The summed E-state index contributed by atoms with van der Waals surface area (Å²) in [6.45, 7) is 1.96. The first-order valence-electron chi connectivity index (χ1n) is 9.61. The van der Waals surface area contributed by atoms with Crippen LogP contribution in [0, 0.1) is 5.82 Å². The summed E-state index contributed by atoms with van der Waals surface area (Å²) >= 11 is 0. The number of aromatic nitrogens is 2. The Morgan fingerprint density at radius 3 is 2.71 bits per heavy atom. The molecule has 0 amide bonds. The van der Waals surface area contributed by atoms with Gasteiger partial charge in [0.05, 0.1) is 36.1 Å². The zero-order valence-corrected chi connectivity index (χ0v) is 15.9. The maximum atomic E-state index is 14.8. The molecule has 2 aromatic heterocycles. The quantitative estimate of drug-likeness (QED) is 0.688. The number of hydrogen-bond donors (Lipinski definition) is 3. The van der Waals surface area contributed by atoms with Gasteiger partial charge in [-0.1, -0.05) is 0 Å². The molecule has 2 saturated heterocycles. The van der Waals surface area contributed by atoms with Gasteiger partial charge in [-0.25, -0.2) is 9.37 Å². The van der Waals surface area contributed by atoms with E-state index in [0.29, 0.717) is 12.1 Å². The highest BCUT2D eigenvalue weighted by Crippen LogP contribution is 2.48. The predicted molar refractivity (Wildman–Crippen MR) is 100 cm³/mol. The first-order valence-corrected chi connectivity index (χ1v) is 9.61. The van der Waals surface area contributed by atoms with Crippen LogP contribution in [0.2, 0.25) is 0 Å². The van der Waals surface area contributed by atoms with Crippen molar-refractivity contribution in [1.29, 1.82) is 0 Å². The summed E-state index contributed by atoms with van der Waals surface area (Å²) in [7, 11) is 0. The van der Waals surface area contributed by atoms with Gasteiger partial charge in [-0.15, -0.1) is 0 Å². The van der Waals surface area contributed by atoms with Crippen LogP contribution in [0.25, 0.3) is 11.0 Å². The molecule has 4 N–H and O–H groups in total. The molecule has 7 nitrogen and oxygen atoms in total. The highest BCUT2D eigenvalue weighted by Gasteiger charge is 2.51. The second kappa shape index (κ2) is 6.88. The smallest absolute Gasteiger partial charge is 0.213 e. The van der Waals surface area contributed by atoms with E-state index in [4.69, 9.17) is 20.3 Å². The molecular weight excluding hydrogens is 365 g/mol. The predicted octanol–water partition coefficient (Wildman–Crippen LogP) is 1.78. The molecule has 3 fully saturated rings. The molecule has 8 heteroatoms. The number of pyridine rings is 2. The van der Waals surface area contributed by atoms with E-state index in [-0.39, 0.29) is 42.1 Å². The molecule has 152 valence electrons. The number of nitrogens with zero attached hydrogens (tertiary/aromatic N) is 2. The minimum Gasteiger partial charge on any atom is -0.475 e. The molecule has 1 saturated carbocycles. The minimum absolute atomic E-state index is 0.0742. The normalized spacial score (nSPS) is 29.0. The Morgan fingerprint density at radius 1 is 1.32 bits per heavy atom. The van der Waals surface area contributed by atoms with Gasteiger partial charge in [-0.05, 0) is 38.7 Å². The molecule has 0 radical (unpaired) electrons. The minimum atomic E-state index is -1.51. The van der Waals surface area contributed by atoms with Crippen LogP contribution in [-0.2, 0) is 10.3 Å². The summed E-state index contributed by atoms with van der Waals surface area (Å²) in [5.74, 6) is -0.385. The third-order valence-corrected chi connectivity index (χ3v) is 6.01. The molecule has 2 aromatic rings. The van der Waals surface area contributed by atoms with Crippen molar-refractivity contribution in [2.75, 3.05) is 19.8 Å². The molecule has 0 aromatic carbocycles. The number of ether oxygens (including phenoxy) is 2. The molecule has 28 heavy (non-hydrogen) atoms. The SMILES string of the molecule is CC(O)(CC12CCC(N)(CC1)CO2)c1c(F)cnc2ccc(OCCO)nc12. The van der Waals surface area contributed by atoms with Crippen molar-refractivity contribution in [3.8, 4) is 5.88 Å². The van der Waals surface area contributed by atoms with Crippen LogP contribution < -0.4 is 10.5 Å². The number of halogens is 1. The van der Waals surface area contributed by atoms with Crippen molar-refractivity contribution in [2.24, 2.45) is 5.73 Å². The molecule has 4 heterocycles. The zero-order chi connectivity index (χ0) is 20.0. The molecule has 3 aliphatic rings. The van der Waals surface area contributed by atoms with Gasteiger partial charge in [0, 0.05) is 23.6 Å². The fourth-order valence-electron chi connectivity index (χ4n) is 4.50. The van der Waals surface area contributed by atoms with E-state index in [9.17, 15) is 9.50 Å². The van der Waals surface area contributed by atoms with Crippen LogP contribution in [0.15, 0.2) is 18.3 Å². The highest BCUT2D eigenvalue weighted by molar-refractivity contribution is 5.79. The average molecular weight is 391 g/mol. The lowest BCUT2D eigenvalue weighted by molar-refractivity contribution is -0.181. The van der Waals surface area contributed by atoms with Crippen molar-refractivity contribution in [3.05, 3.63) is 29.7 Å². The van der Waals surface area contributed by atoms with E-state index in [2.05, 4.69) is 9.97 Å². The third-order valence-electron chi connectivity index (χ3n) is 6.01. The van der Waals surface area contributed by atoms with Crippen molar-refractivity contribution in [1.82, 2.24) is 9.97 Å². The summed E-state index contributed by atoms with van der Waals surface area (Å²) in [5.41, 5.74) is 4.77. The lowest BCUT2D eigenvalue weighted by Crippen LogP contribution is -2.60. The van der Waals surface area contributed by atoms with E-state index < -0.39 is 17.0 Å². The van der Waals surface area contributed by atoms with Gasteiger partial charge >= 0.3 is 0 Å². The number of fused-ring (bicyclic) bond motifs is 4. The number of nitrogens with two attached hydrogens (primary N) is 1. The van der Waals surface area contributed by atoms with Crippen molar-refractivity contribution >= 4 is 11.0 Å². The number of aliphatic hydroxyl groups is 2. The number of hydrogen-bond acceptors (Lipinski definition) is 7. The van der Waals surface area contributed by atoms with Crippen LogP contribution in [0.3, 0.4) is 0 Å². The molecule has 0 spiro atoms. The fraction of sp³-hybridized carbons (Fsp3) is 0.600. The molecule has 1 aliphatic carbocycles. The Labute approximate surface area is 162 Å². The Bertz CT molecular complexity index is 865. The van der Waals surface area contributed by atoms with Crippen LogP contribution in [0.1, 0.15) is 44.6 Å². The van der Waals surface area contributed by atoms with Gasteiger partial charge in [-0.2, -0.15) is 0 Å². The highest BCUT2D eigenvalue weighted by atomic mass is 19.1. The molecular formula is C20H26FN3O4. The summed E-state index contributed by atoms with van der Waals surface area (Å²) in [6.07, 6.45) is 4.49. The lowest BCUT2D eigenvalue weighted by Gasteiger charge is -2.53. The Hall–Kier alpha value is -1.87. The lowest BCUT2D eigenvalue weighted by atomic mass is 9.67. The molecule has 2 aliphatic heterocycles. The summed E-state index contributed by atoms with van der Waals surface area (Å²) in [6, 6.07) is 3.26. The van der Waals surface area contributed by atoms with Gasteiger partial charge < -0.3 is 25.4 Å². The number of aliphatic hydroxyl groups excluding tert-OH is 1. The zero-order valence-electron chi connectivity index (χ0n) is 15.9. The monoisotopic (exact) mass is 391 g/mol. The maximum absolute atomic E-state index is 14.8. The molecule has 5 rings (SSSR count).